The summed E-state index contributed by atoms with van der Waals surface area (Å²) < 4.78 is 13.0. The first-order valence-electron chi connectivity index (χ1n) is 1.52. The first kappa shape index (κ1) is 2.08. The molecule has 0 aromatic heterocycles. The summed E-state index contributed by atoms with van der Waals surface area (Å²) in [4.78, 5) is 0. The van der Waals surface area contributed by atoms with Crippen molar-refractivity contribution in [1.29, 1.82) is 2.25 Å². The van der Waals surface area contributed by atoms with E-state index in [1.165, 1.54) is 5.84 Å². The van der Waals surface area contributed by atoms with E-state index in [4.69, 9.17) is 8.97 Å². The van der Waals surface area contributed by atoms with Gasteiger partial charge >= 0.3 is 38.1 Å². The van der Waals surface area contributed by atoms with Crippen molar-refractivity contribution < 1.29 is 0 Å². The van der Waals surface area contributed by atoms with Gasteiger partial charge in [0.05, 0.1) is 0 Å². The molecule has 0 heterocycles. The van der Waals surface area contributed by atoms with Crippen LogP contribution >= 0.6 is 23.3 Å². The molecule has 0 spiro atoms. The van der Waals surface area contributed by atoms with Crippen LogP contribution in [0, 0.1) is 0 Å². The fourth-order valence-corrected chi connectivity index (χ4v) is 0. The van der Waals surface area contributed by atoms with Gasteiger partial charge in [-0.3, -0.25) is 0 Å². The van der Waals surface area contributed by atoms with E-state index >= 15 is 0 Å². The molecule has 0 aliphatic carbocycles. The van der Waals surface area contributed by atoms with Crippen LogP contribution in [0.15, 0.2) is 0 Å². The predicted octanol–water partition coefficient (Wildman–Crippen LogP) is -0.000600. The summed E-state index contributed by atoms with van der Waals surface area (Å²) in [5.74, 6) is 1.35. The summed E-state index contributed by atoms with van der Waals surface area (Å²) in [6, 6.07) is 0. The number of thiol groups is 2. The first-order valence-corrected chi connectivity index (χ1v) is 2.12. The summed E-state index contributed by atoms with van der Waals surface area (Å²) in [5, 5.41) is 0. The second-order valence-corrected chi connectivity index (χ2v) is 1.27. The molecular weight excluding hydrogens is 85.8 g/mol. The van der Waals surface area contributed by atoms with E-state index < -0.39 is 10.9 Å². The van der Waals surface area contributed by atoms with Crippen molar-refractivity contribution in [1.82, 2.24) is 0 Å². The maximum atomic E-state index is 6.59. The molecule has 1 unspecified atom stereocenters. The average Bonchev–Trinajstić information content (AvgIpc) is 1.35. The molecule has 0 nitrogen and oxygen atoms in total. The second kappa shape index (κ2) is 3.83. The summed E-state index contributed by atoms with van der Waals surface area (Å²) in [6.45, 7) is 4.90. The Kier molecular flexibility index (Phi) is 2.00. The molecule has 0 saturated heterocycles. The minimum atomic E-state index is -0.915. The van der Waals surface area contributed by atoms with Crippen LogP contribution < -0.4 is 0 Å². The van der Waals surface area contributed by atoms with Gasteiger partial charge in [-0.2, -0.15) is 0 Å². The van der Waals surface area contributed by atoms with E-state index in [1.54, 1.807) is 0 Å². The molecule has 0 saturated carbocycles. The Balaban J connectivity index is 2.83. The number of rotatable bonds is 2. The van der Waals surface area contributed by atoms with Crippen molar-refractivity contribution in [2.45, 2.75) is 0 Å². The molecule has 0 rings (SSSR count). The van der Waals surface area contributed by atoms with Gasteiger partial charge in [-0.05, 0) is 0 Å². The molecule has 0 aromatic rings. The van der Waals surface area contributed by atoms with Crippen LogP contribution in [0.2, 0.25) is 0 Å². The van der Waals surface area contributed by atoms with Crippen molar-refractivity contribution in [3.63, 3.8) is 0 Å². The Morgan fingerprint density at radius 2 is 3.50 bits per heavy atom. The Morgan fingerprint density at radius 3 is 3.50 bits per heavy atom. The van der Waals surface area contributed by atoms with Crippen molar-refractivity contribution >= 4 is 35.9 Å². The number of hydrogen-bond donors (Lipinski definition) is 2. The molecule has 0 amide bonds. The topological polar surface area (TPSA) is 0 Å². The van der Waals surface area contributed by atoms with Gasteiger partial charge in [0, 0.05) is 0 Å². The Hall–Kier alpha value is 0.830. The maximum absolute atomic E-state index is 6.59. The molecule has 4 heteroatoms. The normalized spacial score (nSPS) is 20.8. The molecule has 0 aliphatic heterocycles. The molecule has 0 bridgehead atoms. The molecule has 0 fully saturated rings. The minimum absolute atomic E-state index is 0.735. The molecule has 1 atom stereocenters. The van der Waals surface area contributed by atoms with Crippen molar-refractivity contribution in [3.8, 4) is 0 Å². The van der Waals surface area contributed by atoms with Gasteiger partial charge in [0.1, 0.15) is 0 Å². The van der Waals surface area contributed by atoms with Crippen LogP contribution in [0.4, 0.5) is 0 Å². The van der Waals surface area contributed by atoms with Crippen molar-refractivity contribution in [3.05, 3.63) is 0 Å². The zero-order chi connectivity index (χ0) is 4.99. The third-order valence-corrected chi connectivity index (χ3v) is 0.500. The van der Waals surface area contributed by atoms with E-state index in [2.05, 4.69) is 0 Å². The fourth-order valence-electron chi connectivity index (χ4n) is 0. The number of hydrogen-bond acceptors (Lipinski definition) is 1. The van der Waals surface area contributed by atoms with Gasteiger partial charge in [-0.25, -0.2) is 0 Å². The zero-order valence-corrected chi connectivity index (χ0v) is 3.60. The predicted molar refractivity (Wildman–Crippen MR) is 29.5 cm³/mol. The van der Waals surface area contributed by atoms with Crippen LogP contribution in [0.25, 0.3) is 0 Å². The van der Waals surface area contributed by atoms with Gasteiger partial charge in [0.2, 0.25) is 0 Å². The van der Waals surface area contributed by atoms with E-state index in [1.807, 2.05) is 0 Å². The molecule has 0 N–H and O–H groups in total. The van der Waals surface area contributed by atoms with Crippen LogP contribution in [0.5, 0.6) is 0 Å². The average molecular weight is 89.8 g/mol. The van der Waals surface area contributed by atoms with Crippen molar-refractivity contribution in [2.24, 2.45) is 0 Å². The Labute approximate surface area is 38.8 Å². The Morgan fingerprint density at radius 1 is 2.75 bits per heavy atom. The van der Waals surface area contributed by atoms with Gasteiger partial charge in [0.25, 0.3) is 0 Å². The third-order valence-electron chi connectivity index (χ3n) is 0.0556. The molecular formula is H2B2S2. The molecule has 4 heavy (non-hydrogen) atoms. The molecule has 0 aromatic carbocycles. The monoisotopic (exact) mass is 90.0 g/mol. The van der Waals surface area contributed by atoms with Gasteiger partial charge in [0.15, 0.2) is 0 Å². The zero-order valence-electron chi connectivity index (χ0n) is 3.97. The molecule has 0 aliphatic rings. The van der Waals surface area contributed by atoms with E-state index in [9.17, 15) is 0 Å². The standard InChI is InChI=1S/B2H2S2/c1-4-2-3/h3-4H/i3D,4D. The van der Waals surface area contributed by atoms with E-state index in [0.717, 1.165) is 12.4 Å². The summed E-state index contributed by atoms with van der Waals surface area (Å²) in [6.07, 6.45) is 0. The third kappa shape index (κ3) is 2.83. The summed E-state index contributed by atoms with van der Waals surface area (Å²) in [7, 11) is -0.915. The van der Waals surface area contributed by atoms with Crippen LogP contribution in [0.3, 0.4) is 0 Å². The SMILES string of the molecule is [2H]S[B]S([2H])=[B]. The summed E-state index contributed by atoms with van der Waals surface area (Å²) >= 11 is 0.735. The molecule has 2 radical (unpaired) electrons. The van der Waals surface area contributed by atoms with Crippen molar-refractivity contribution in [2.75, 3.05) is 0 Å². The van der Waals surface area contributed by atoms with E-state index in [0.29, 0.717) is 0 Å². The van der Waals surface area contributed by atoms with Gasteiger partial charge < -0.3 is 0 Å². The Bertz CT molecular complexity index is 53.5. The second-order valence-electron chi connectivity index (χ2n) is 0.232. The van der Waals surface area contributed by atoms with E-state index in [-0.39, 0.29) is 0 Å². The quantitative estimate of drug-likeness (QED) is 0.346. The summed E-state index contributed by atoms with van der Waals surface area (Å²) in [5.41, 5.74) is 0. The fraction of sp³-hybridized carbons (Fsp3) is 0. The molecule has 20 valence electrons. The van der Waals surface area contributed by atoms with Crippen LogP contribution in [0.1, 0.15) is 0 Å². The van der Waals surface area contributed by atoms with Gasteiger partial charge in [-0.15, -0.1) is 0 Å². The van der Waals surface area contributed by atoms with Crippen LogP contribution in [-0.4, -0.2) is 14.8 Å². The first-order chi connectivity index (χ1) is 2.77. The van der Waals surface area contributed by atoms with Gasteiger partial charge in [-0.1, -0.05) is 0 Å². The van der Waals surface area contributed by atoms with Crippen LogP contribution in [-0.2, 0) is 0 Å².